The fraction of sp³-hybridized carbons (Fsp3) is 0.625. The van der Waals surface area contributed by atoms with Crippen LogP contribution in [0.5, 0.6) is 0 Å². The first-order valence-electron chi connectivity index (χ1n) is 4.61. The third kappa shape index (κ3) is 1.70. The summed E-state index contributed by atoms with van der Waals surface area (Å²) in [6.07, 6.45) is -4.59. The molecule has 0 fully saturated rings. The summed E-state index contributed by atoms with van der Waals surface area (Å²) < 4.78 is 61.4. The van der Waals surface area contributed by atoms with Crippen LogP contribution < -0.4 is 0 Å². The van der Waals surface area contributed by atoms with Gasteiger partial charge in [-0.3, -0.25) is 4.68 Å². The van der Waals surface area contributed by atoms with Gasteiger partial charge in [-0.05, 0) is 6.92 Å². The first-order chi connectivity index (χ1) is 7.24. The molecule has 2 rings (SSSR count). The highest BCUT2D eigenvalue weighted by Gasteiger charge is 2.43. The van der Waals surface area contributed by atoms with Gasteiger partial charge in [-0.2, -0.15) is 18.3 Å². The van der Waals surface area contributed by atoms with Gasteiger partial charge in [-0.15, -0.1) is 0 Å². The second-order valence-corrected chi connectivity index (χ2v) is 5.68. The van der Waals surface area contributed by atoms with Crippen molar-refractivity contribution >= 4 is 9.84 Å². The molecule has 8 heteroatoms. The van der Waals surface area contributed by atoms with Crippen LogP contribution in [0.2, 0.25) is 0 Å². The minimum Gasteiger partial charge on any atom is -0.268 e. The Bertz CT molecular complexity index is 530. The first kappa shape index (κ1) is 11.4. The molecular weight excluding hydrogens is 245 g/mol. The number of aryl methyl sites for hydroxylation is 1. The lowest BCUT2D eigenvalue weighted by atomic mass is 10.2. The summed E-state index contributed by atoms with van der Waals surface area (Å²) in [7, 11) is -3.44. The largest absolute Gasteiger partial charge is 0.435 e. The Labute approximate surface area is 90.0 Å². The third-order valence-electron chi connectivity index (χ3n) is 2.46. The smallest absolute Gasteiger partial charge is 0.268 e. The molecule has 1 aromatic rings. The molecule has 0 amide bonds. The summed E-state index contributed by atoms with van der Waals surface area (Å²) in [6, 6.07) is 0. The molecule has 0 radical (unpaired) electrons. The van der Waals surface area contributed by atoms with Crippen molar-refractivity contribution in [2.24, 2.45) is 0 Å². The van der Waals surface area contributed by atoms with E-state index in [0.29, 0.717) is 0 Å². The van der Waals surface area contributed by atoms with Crippen molar-refractivity contribution in [2.75, 3.05) is 0 Å². The maximum absolute atomic E-state index is 12.6. The van der Waals surface area contributed by atoms with Crippen LogP contribution in [0.25, 0.3) is 0 Å². The van der Waals surface area contributed by atoms with Gasteiger partial charge in [-0.1, -0.05) is 0 Å². The average Bonchev–Trinajstić information content (AvgIpc) is 2.55. The van der Waals surface area contributed by atoms with E-state index in [4.69, 9.17) is 0 Å². The fourth-order valence-electron chi connectivity index (χ4n) is 1.82. The minimum absolute atomic E-state index is 0.176. The van der Waals surface area contributed by atoms with Crippen LogP contribution in [-0.4, -0.2) is 18.2 Å². The van der Waals surface area contributed by atoms with Crippen molar-refractivity contribution in [2.45, 2.75) is 31.2 Å². The molecule has 0 spiro atoms. The monoisotopic (exact) mass is 254 g/mol. The second-order valence-electron chi connectivity index (χ2n) is 3.62. The molecule has 0 atom stereocenters. The number of hydrogen-bond acceptors (Lipinski definition) is 3. The Morgan fingerprint density at radius 2 is 2.00 bits per heavy atom. The van der Waals surface area contributed by atoms with Gasteiger partial charge >= 0.3 is 6.18 Å². The van der Waals surface area contributed by atoms with Crippen molar-refractivity contribution in [3.8, 4) is 0 Å². The summed E-state index contributed by atoms with van der Waals surface area (Å²) in [6.45, 7) is 1.85. The molecule has 0 aromatic carbocycles. The lowest BCUT2D eigenvalue weighted by molar-refractivity contribution is -0.142. The lowest BCUT2D eigenvalue weighted by Gasteiger charge is -2.04. The van der Waals surface area contributed by atoms with Crippen LogP contribution >= 0.6 is 0 Å². The van der Waals surface area contributed by atoms with E-state index in [-0.39, 0.29) is 23.6 Å². The average molecular weight is 254 g/mol. The van der Waals surface area contributed by atoms with E-state index in [9.17, 15) is 21.6 Å². The predicted molar refractivity (Wildman–Crippen MR) is 49.2 cm³/mol. The van der Waals surface area contributed by atoms with Crippen LogP contribution in [0, 0.1) is 0 Å². The van der Waals surface area contributed by atoms with E-state index in [1.165, 1.54) is 0 Å². The molecule has 2 heterocycles. The highest BCUT2D eigenvalue weighted by atomic mass is 32.2. The minimum atomic E-state index is -4.59. The topological polar surface area (TPSA) is 52.0 Å². The second kappa shape index (κ2) is 3.22. The third-order valence-corrected chi connectivity index (χ3v) is 3.90. The lowest BCUT2D eigenvalue weighted by Crippen LogP contribution is -2.12. The number of aromatic nitrogens is 2. The summed E-state index contributed by atoms with van der Waals surface area (Å²) in [5.41, 5.74) is -1.07. The number of nitrogens with zero attached hydrogens (tertiary/aromatic N) is 2. The van der Waals surface area contributed by atoms with Gasteiger partial charge in [0.2, 0.25) is 0 Å². The van der Waals surface area contributed by atoms with Crippen molar-refractivity contribution in [1.82, 2.24) is 9.78 Å². The first-order valence-corrected chi connectivity index (χ1v) is 6.43. The van der Waals surface area contributed by atoms with Gasteiger partial charge in [0.05, 0.1) is 17.2 Å². The van der Waals surface area contributed by atoms with E-state index in [1.54, 1.807) is 6.92 Å². The molecule has 0 saturated heterocycles. The number of fused-ring (bicyclic) bond motifs is 1. The number of sulfone groups is 1. The summed E-state index contributed by atoms with van der Waals surface area (Å²) in [5.74, 6) is -0.906. The fourth-order valence-corrected chi connectivity index (χ4v) is 3.40. The van der Waals surface area contributed by atoms with Gasteiger partial charge in [0.25, 0.3) is 0 Å². The predicted octanol–water partition coefficient (Wildman–Crippen LogP) is 1.35. The Kier molecular flexibility index (Phi) is 2.30. The van der Waals surface area contributed by atoms with Crippen molar-refractivity contribution < 1.29 is 21.6 Å². The van der Waals surface area contributed by atoms with E-state index >= 15 is 0 Å². The van der Waals surface area contributed by atoms with E-state index in [0.717, 1.165) is 4.68 Å². The maximum Gasteiger partial charge on any atom is 0.435 e. The van der Waals surface area contributed by atoms with Crippen LogP contribution in [0.3, 0.4) is 0 Å². The molecular formula is C8H9F3N2O2S. The van der Waals surface area contributed by atoms with Crippen molar-refractivity contribution in [3.63, 3.8) is 0 Å². The molecule has 1 aliphatic rings. The van der Waals surface area contributed by atoms with Crippen LogP contribution in [-0.2, 0) is 34.1 Å². The van der Waals surface area contributed by atoms with Crippen LogP contribution in [0.1, 0.15) is 23.9 Å². The van der Waals surface area contributed by atoms with Gasteiger partial charge < -0.3 is 0 Å². The SMILES string of the molecule is CCn1nc(C(F)(F)F)c2c1CS(=O)(=O)C2. The summed E-state index contributed by atoms with van der Waals surface area (Å²) in [4.78, 5) is 0. The highest BCUT2D eigenvalue weighted by Crippen LogP contribution is 2.37. The van der Waals surface area contributed by atoms with Gasteiger partial charge in [-0.25, -0.2) is 8.42 Å². The number of rotatable bonds is 1. The molecule has 0 saturated carbocycles. The van der Waals surface area contributed by atoms with Crippen LogP contribution in [0.15, 0.2) is 0 Å². The number of halogens is 3. The maximum atomic E-state index is 12.6. The zero-order valence-electron chi connectivity index (χ0n) is 8.37. The molecule has 0 unspecified atom stereocenters. The van der Waals surface area contributed by atoms with Gasteiger partial charge in [0.15, 0.2) is 15.5 Å². The summed E-state index contributed by atoms with van der Waals surface area (Å²) >= 11 is 0. The quantitative estimate of drug-likeness (QED) is 0.760. The zero-order valence-corrected chi connectivity index (χ0v) is 9.19. The molecule has 0 aliphatic carbocycles. The Hall–Kier alpha value is -1.05. The van der Waals surface area contributed by atoms with Crippen molar-refractivity contribution in [3.05, 3.63) is 17.0 Å². The van der Waals surface area contributed by atoms with Gasteiger partial charge in [0.1, 0.15) is 0 Å². The van der Waals surface area contributed by atoms with E-state index in [1.807, 2.05) is 0 Å². The molecule has 90 valence electrons. The highest BCUT2D eigenvalue weighted by molar-refractivity contribution is 7.90. The standard InChI is InChI=1S/C8H9F3N2O2S/c1-2-13-6-4-16(14,15)3-5(6)7(12-13)8(9,10)11/h2-4H2,1H3. The normalized spacial score (nSPS) is 18.8. The van der Waals surface area contributed by atoms with E-state index < -0.39 is 27.5 Å². The Morgan fingerprint density at radius 3 is 2.50 bits per heavy atom. The number of alkyl halides is 3. The summed E-state index contributed by atoms with van der Waals surface area (Å²) in [5, 5.41) is 3.41. The zero-order chi connectivity index (χ0) is 12.1. The molecule has 1 aromatic heterocycles. The molecule has 16 heavy (non-hydrogen) atoms. The number of hydrogen-bond donors (Lipinski definition) is 0. The van der Waals surface area contributed by atoms with Crippen LogP contribution in [0.4, 0.5) is 13.2 Å². The molecule has 0 N–H and O–H groups in total. The van der Waals surface area contributed by atoms with Crippen molar-refractivity contribution in [1.29, 1.82) is 0 Å². The molecule has 1 aliphatic heterocycles. The Balaban J connectivity index is 2.61. The molecule has 0 bridgehead atoms. The molecule has 4 nitrogen and oxygen atoms in total. The Morgan fingerprint density at radius 1 is 1.38 bits per heavy atom. The van der Waals surface area contributed by atoms with E-state index in [2.05, 4.69) is 5.10 Å². The van der Waals surface area contributed by atoms with Gasteiger partial charge in [0, 0.05) is 12.1 Å².